The minimum Gasteiger partial charge on any atom is -0.409 e. The number of oxime groups is 2. The molecule has 4 rings (SSSR count). The Labute approximate surface area is 305 Å². The lowest BCUT2D eigenvalue weighted by Crippen LogP contribution is -2.57. The van der Waals surface area contributed by atoms with Gasteiger partial charge in [-0.1, -0.05) is 62.8 Å². The fourth-order valence-electron chi connectivity index (χ4n) is 6.14. The average molecular weight is 758 g/mol. The number of rotatable bonds is 14. The molecule has 0 saturated carbocycles. The Hall–Kier alpha value is -3.49. The van der Waals surface area contributed by atoms with Gasteiger partial charge in [0.2, 0.25) is 0 Å². The summed E-state index contributed by atoms with van der Waals surface area (Å²) >= 11 is 25.1. The predicted octanol–water partition coefficient (Wildman–Crippen LogP) is 5.19. The quantitative estimate of drug-likeness (QED) is 0.0887. The Kier molecular flexibility index (Phi) is 14.0. The molecule has 2 heterocycles. The first-order valence-corrected chi connectivity index (χ1v) is 17.3. The summed E-state index contributed by atoms with van der Waals surface area (Å²) in [6, 6.07) is 9.99. The highest BCUT2D eigenvalue weighted by Gasteiger charge is 2.34. The first-order valence-electron chi connectivity index (χ1n) is 15.8. The van der Waals surface area contributed by atoms with Gasteiger partial charge in [-0.15, -0.1) is 0 Å². The molecule has 0 radical (unpaired) electrons. The van der Waals surface area contributed by atoms with Gasteiger partial charge in [0.25, 0.3) is 5.91 Å². The van der Waals surface area contributed by atoms with Gasteiger partial charge in [-0.05, 0) is 68.1 Å². The molecular formula is C32H41Cl4N9O4. The van der Waals surface area contributed by atoms with Crippen LogP contribution in [0.1, 0.15) is 47.5 Å². The highest BCUT2D eigenvalue weighted by atomic mass is 35.5. The van der Waals surface area contributed by atoms with E-state index in [2.05, 4.69) is 15.2 Å². The number of carbonyl (C=O) groups is 2. The molecule has 0 bridgehead atoms. The van der Waals surface area contributed by atoms with Crippen molar-refractivity contribution < 1.29 is 19.6 Å². The van der Waals surface area contributed by atoms with E-state index in [4.69, 9.17) is 73.3 Å². The van der Waals surface area contributed by atoms with Crippen LogP contribution >= 0.6 is 46.4 Å². The van der Waals surface area contributed by atoms with Gasteiger partial charge in [0.05, 0.1) is 28.8 Å². The van der Waals surface area contributed by atoms with Crippen molar-refractivity contribution in [3.63, 3.8) is 0 Å². The fraction of sp³-hybridized carbons (Fsp3) is 0.469. The van der Waals surface area contributed by atoms with Crippen LogP contribution in [0.15, 0.2) is 46.7 Å². The van der Waals surface area contributed by atoms with Crippen LogP contribution in [0, 0.1) is 5.41 Å². The Morgan fingerprint density at radius 3 is 2.39 bits per heavy atom. The van der Waals surface area contributed by atoms with Crippen LogP contribution in [-0.4, -0.2) is 120 Å². The van der Waals surface area contributed by atoms with Crippen LogP contribution in [-0.2, 0) is 4.84 Å². The molecular weight excluding hydrogens is 716 g/mol. The number of benzene rings is 2. The second kappa shape index (κ2) is 18.0. The SMILES string of the molecule is CN(CC(=NOCC(=N)N)C(CCN1CCC(N2CCCN(CC(N)=NO)C2=O)CC1)c1ccc(Cl)c(Cl)c1)C(=O)c1cc(Cl)cc(Cl)c1. The number of nitrogens with one attached hydrogen (secondary N) is 1. The molecule has 1 unspecified atom stereocenters. The van der Waals surface area contributed by atoms with Crippen molar-refractivity contribution in [2.75, 3.05) is 59.5 Å². The van der Waals surface area contributed by atoms with Crippen LogP contribution in [0.5, 0.6) is 0 Å². The Morgan fingerprint density at radius 1 is 1.06 bits per heavy atom. The van der Waals surface area contributed by atoms with E-state index in [0.717, 1.165) is 37.9 Å². The number of amides is 3. The molecule has 2 aromatic rings. The second-order valence-electron chi connectivity index (χ2n) is 12.1. The first-order chi connectivity index (χ1) is 23.4. The summed E-state index contributed by atoms with van der Waals surface area (Å²) in [5.74, 6) is -0.875. The van der Waals surface area contributed by atoms with Gasteiger partial charge < -0.3 is 41.1 Å². The van der Waals surface area contributed by atoms with Crippen LogP contribution < -0.4 is 11.5 Å². The van der Waals surface area contributed by atoms with Crippen molar-refractivity contribution in [2.24, 2.45) is 21.8 Å². The number of piperidine rings is 1. The standard InChI is InChI=1S/C32H41Cl4N9O4/c1-42(31(46)21-13-22(33)16-23(34)14-21)17-28(41-49-19-29(37)38)25(20-3-4-26(35)27(36)15-20)7-12-43-10-5-24(6-11-43)45-9-2-8-44(32(45)47)18-30(39)40-48/h3-4,13-16,24-25,48H,2,5-12,17-19H2,1H3,(H3,37,38)(H2,39,40). The number of nitrogens with two attached hydrogens (primary N) is 2. The van der Waals surface area contributed by atoms with Crippen LogP contribution in [0.2, 0.25) is 20.1 Å². The van der Waals surface area contributed by atoms with Crippen molar-refractivity contribution in [1.29, 1.82) is 5.41 Å². The van der Waals surface area contributed by atoms with E-state index in [1.54, 1.807) is 42.3 Å². The molecule has 3 amide bonds. The van der Waals surface area contributed by atoms with E-state index in [0.29, 0.717) is 57.4 Å². The molecule has 2 saturated heterocycles. The van der Waals surface area contributed by atoms with Crippen LogP contribution in [0.25, 0.3) is 0 Å². The number of hydrogen-bond acceptors (Lipinski definition) is 8. The summed E-state index contributed by atoms with van der Waals surface area (Å²) < 4.78 is 0. The second-order valence-corrected chi connectivity index (χ2v) is 13.8. The summed E-state index contributed by atoms with van der Waals surface area (Å²) in [6.45, 7) is 3.39. The summed E-state index contributed by atoms with van der Waals surface area (Å²) in [4.78, 5) is 39.5. The molecule has 266 valence electrons. The van der Waals surface area contributed by atoms with Gasteiger partial charge in [-0.3, -0.25) is 10.2 Å². The third kappa shape index (κ3) is 10.7. The number of urea groups is 1. The van der Waals surface area contributed by atoms with E-state index < -0.39 is 0 Å². The molecule has 2 fully saturated rings. The molecule has 2 aromatic carbocycles. The molecule has 2 aliphatic heterocycles. The highest BCUT2D eigenvalue weighted by Crippen LogP contribution is 2.31. The number of amidine groups is 2. The molecule has 0 aromatic heterocycles. The van der Waals surface area contributed by atoms with E-state index in [1.807, 2.05) is 11.0 Å². The molecule has 6 N–H and O–H groups in total. The number of hydrogen-bond donors (Lipinski definition) is 4. The van der Waals surface area contributed by atoms with Gasteiger partial charge in [0.15, 0.2) is 12.4 Å². The lowest BCUT2D eigenvalue weighted by molar-refractivity contribution is 0.0811. The molecule has 0 spiro atoms. The van der Waals surface area contributed by atoms with Gasteiger partial charge in [-0.2, -0.15) is 0 Å². The molecule has 13 nitrogen and oxygen atoms in total. The Balaban J connectivity index is 1.50. The topological polar surface area (TPSA) is 177 Å². The van der Waals surface area contributed by atoms with Crippen molar-refractivity contribution >= 4 is 75.7 Å². The first kappa shape index (κ1) is 38.3. The maximum absolute atomic E-state index is 13.5. The van der Waals surface area contributed by atoms with Gasteiger partial charge in [0.1, 0.15) is 5.84 Å². The Morgan fingerprint density at radius 2 is 1.76 bits per heavy atom. The van der Waals surface area contributed by atoms with Crippen LogP contribution in [0.4, 0.5) is 4.79 Å². The molecule has 17 heteroatoms. The van der Waals surface area contributed by atoms with Crippen molar-refractivity contribution in [2.45, 2.75) is 37.6 Å². The lowest BCUT2D eigenvalue weighted by Gasteiger charge is -2.43. The minimum atomic E-state index is -0.353. The number of nitrogens with zero attached hydrogens (tertiary/aromatic N) is 6. The van der Waals surface area contributed by atoms with Gasteiger partial charge in [-0.25, -0.2) is 4.79 Å². The maximum Gasteiger partial charge on any atom is 0.320 e. The Bertz CT molecular complexity index is 1550. The zero-order chi connectivity index (χ0) is 35.7. The molecule has 1 atom stereocenters. The number of carbonyl (C=O) groups excluding carboxylic acids is 2. The number of likely N-dealkylation sites (tertiary alicyclic amines) is 1. The van der Waals surface area contributed by atoms with Crippen molar-refractivity contribution in [3.05, 3.63) is 67.6 Å². The molecule has 49 heavy (non-hydrogen) atoms. The third-order valence-corrected chi connectivity index (χ3v) is 9.74. The fourth-order valence-corrected chi connectivity index (χ4v) is 6.97. The molecule has 2 aliphatic rings. The zero-order valence-corrected chi connectivity index (χ0v) is 30.1. The summed E-state index contributed by atoms with van der Waals surface area (Å²) in [5, 5.41) is 25.4. The van der Waals surface area contributed by atoms with Crippen molar-refractivity contribution in [1.82, 2.24) is 19.6 Å². The monoisotopic (exact) mass is 755 g/mol. The zero-order valence-electron chi connectivity index (χ0n) is 27.1. The average Bonchev–Trinajstić information content (AvgIpc) is 3.06. The van der Waals surface area contributed by atoms with Crippen LogP contribution in [0.3, 0.4) is 0 Å². The largest absolute Gasteiger partial charge is 0.409 e. The van der Waals surface area contributed by atoms with E-state index >= 15 is 0 Å². The van der Waals surface area contributed by atoms with Crippen molar-refractivity contribution in [3.8, 4) is 0 Å². The van der Waals surface area contributed by atoms with E-state index in [9.17, 15) is 9.59 Å². The summed E-state index contributed by atoms with van der Waals surface area (Å²) in [7, 11) is 1.64. The smallest absolute Gasteiger partial charge is 0.320 e. The van der Waals surface area contributed by atoms with Gasteiger partial charge >= 0.3 is 6.03 Å². The van der Waals surface area contributed by atoms with Gasteiger partial charge in [0, 0.05) is 60.8 Å². The third-order valence-electron chi connectivity index (χ3n) is 8.56. The normalized spacial score (nSPS) is 17.3. The molecule has 0 aliphatic carbocycles. The van der Waals surface area contributed by atoms with E-state index in [-0.39, 0.29) is 55.3 Å². The lowest BCUT2D eigenvalue weighted by atomic mass is 9.89. The van der Waals surface area contributed by atoms with E-state index in [1.165, 1.54) is 4.90 Å². The maximum atomic E-state index is 13.5. The predicted molar refractivity (Wildman–Crippen MR) is 194 cm³/mol. The minimum absolute atomic E-state index is 0.000528. The highest BCUT2D eigenvalue weighted by molar-refractivity contribution is 6.42. The number of halogens is 4. The summed E-state index contributed by atoms with van der Waals surface area (Å²) in [5.41, 5.74) is 12.9. The summed E-state index contributed by atoms with van der Waals surface area (Å²) in [6.07, 6.45) is 2.99.